The number of aliphatic hydroxyl groups excluding tert-OH is 1. The molecule has 14 heavy (non-hydrogen) atoms. The van der Waals surface area contributed by atoms with Crippen LogP contribution in [0.2, 0.25) is 0 Å². The molecule has 4 heteroatoms. The van der Waals surface area contributed by atoms with Crippen LogP contribution in [-0.4, -0.2) is 22.8 Å². The Kier molecular flexibility index (Phi) is 2.13. The van der Waals surface area contributed by atoms with Crippen molar-refractivity contribution in [1.82, 2.24) is 0 Å². The second-order valence-electron chi connectivity index (χ2n) is 3.21. The predicted octanol–water partition coefficient (Wildman–Crippen LogP) is 0.740. The third-order valence-electron chi connectivity index (χ3n) is 2.26. The summed E-state index contributed by atoms with van der Waals surface area (Å²) < 4.78 is 5.26. The molecule has 0 aliphatic carbocycles. The molecule has 0 saturated heterocycles. The largest absolute Gasteiger partial charge is 0.493 e. The number of aliphatic hydroxyl groups is 1. The Balaban J connectivity index is 2.33. The molecular formula is C10H10O4. The molecule has 1 aliphatic rings. The molecule has 0 aromatic heterocycles. The molecule has 1 aliphatic heterocycles. The van der Waals surface area contributed by atoms with E-state index in [2.05, 4.69) is 0 Å². The van der Waals surface area contributed by atoms with Crippen LogP contribution in [-0.2, 0) is 11.2 Å². The van der Waals surface area contributed by atoms with Crippen molar-refractivity contribution in [3.63, 3.8) is 0 Å². The van der Waals surface area contributed by atoms with Gasteiger partial charge >= 0.3 is 5.97 Å². The number of benzene rings is 1. The Morgan fingerprint density at radius 3 is 3.00 bits per heavy atom. The highest BCUT2D eigenvalue weighted by Crippen LogP contribution is 2.28. The SMILES string of the molecule is O=C(O)C(O)c1ccc2c(c1)CCO2. The second kappa shape index (κ2) is 3.31. The first kappa shape index (κ1) is 9.02. The molecule has 0 saturated carbocycles. The molecule has 0 spiro atoms. The zero-order valence-electron chi connectivity index (χ0n) is 7.43. The van der Waals surface area contributed by atoms with Gasteiger partial charge in [-0.15, -0.1) is 0 Å². The van der Waals surface area contributed by atoms with Crippen LogP contribution in [0.25, 0.3) is 0 Å². The minimum absolute atomic E-state index is 0.404. The lowest BCUT2D eigenvalue weighted by Gasteiger charge is -2.06. The molecule has 0 bridgehead atoms. The molecule has 1 unspecified atom stereocenters. The molecular weight excluding hydrogens is 184 g/mol. The summed E-state index contributed by atoms with van der Waals surface area (Å²) >= 11 is 0. The van der Waals surface area contributed by atoms with E-state index >= 15 is 0 Å². The number of rotatable bonds is 2. The van der Waals surface area contributed by atoms with E-state index in [1.54, 1.807) is 18.2 Å². The highest BCUT2D eigenvalue weighted by Gasteiger charge is 2.19. The van der Waals surface area contributed by atoms with Gasteiger partial charge in [-0.1, -0.05) is 6.07 Å². The summed E-state index contributed by atoms with van der Waals surface area (Å²) in [6.07, 6.45) is -0.670. The maximum atomic E-state index is 10.5. The number of aliphatic carboxylic acids is 1. The predicted molar refractivity (Wildman–Crippen MR) is 48.2 cm³/mol. The van der Waals surface area contributed by atoms with Crippen molar-refractivity contribution in [2.45, 2.75) is 12.5 Å². The van der Waals surface area contributed by atoms with Crippen molar-refractivity contribution in [2.75, 3.05) is 6.61 Å². The number of hydrogen-bond acceptors (Lipinski definition) is 3. The van der Waals surface area contributed by atoms with Crippen LogP contribution < -0.4 is 4.74 Å². The van der Waals surface area contributed by atoms with E-state index in [0.29, 0.717) is 12.2 Å². The summed E-state index contributed by atoms with van der Waals surface area (Å²) in [6.45, 7) is 0.627. The van der Waals surface area contributed by atoms with Gasteiger partial charge in [-0.05, 0) is 23.3 Å². The van der Waals surface area contributed by atoms with Gasteiger partial charge in [0.2, 0.25) is 0 Å². The Morgan fingerprint density at radius 1 is 1.50 bits per heavy atom. The Hall–Kier alpha value is -1.55. The maximum Gasteiger partial charge on any atom is 0.337 e. The van der Waals surface area contributed by atoms with Gasteiger partial charge in [0, 0.05) is 6.42 Å². The number of carbonyl (C=O) groups is 1. The zero-order chi connectivity index (χ0) is 10.1. The number of fused-ring (bicyclic) bond motifs is 1. The molecule has 74 valence electrons. The molecule has 1 atom stereocenters. The quantitative estimate of drug-likeness (QED) is 0.728. The minimum atomic E-state index is -1.44. The third kappa shape index (κ3) is 1.44. The Labute approximate surface area is 80.7 Å². The lowest BCUT2D eigenvalue weighted by Crippen LogP contribution is -2.10. The first-order valence-corrected chi connectivity index (χ1v) is 4.35. The van der Waals surface area contributed by atoms with Gasteiger partial charge in [0.25, 0.3) is 0 Å². The summed E-state index contributed by atoms with van der Waals surface area (Å²) in [5.74, 6) is -0.449. The normalized spacial score (nSPS) is 15.8. The highest BCUT2D eigenvalue weighted by atomic mass is 16.5. The summed E-state index contributed by atoms with van der Waals surface area (Å²) in [6, 6.07) is 4.95. The average Bonchev–Trinajstić information content (AvgIpc) is 2.62. The topological polar surface area (TPSA) is 66.8 Å². The Morgan fingerprint density at radius 2 is 2.29 bits per heavy atom. The van der Waals surface area contributed by atoms with E-state index < -0.39 is 12.1 Å². The molecule has 0 amide bonds. The Bertz CT molecular complexity index is 372. The average molecular weight is 194 g/mol. The van der Waals surface area contributed by atoms with Crippen molar-refractivity contribution in [3.05, 3.63) is 29.3 Å². The fourth-order valence-corrected chi connectivity index (χ4v) is 1.52. The summed E-state index contributed by atoms with van der Waals surface area (Å²) in [5.41, 5.74) is 1.37. The van der Waals surface area contributed by atoms with E-state index in [4.69, 9.17) is 9.84 Å². The fourth-order valence-electron chi connectivity index (χ4n) is 1.52. The molecule has 4 nitrogen and oxygen atoms in total. The second-order valence-corrected chi connectivity index (χ2v) is 3.21. The standard InChI is InChI=1S/C10H10O4/c11-9(10(12)13)7-1-2-8-6(5-7)3-4-14-8/h1-2,5,9,11H,3-4H2,(H,12,13). The minimum Gasteiger partial charge on any atom is -0.493 e. The van der Waals surface area contributed by atoms with E-state index in [0.717, 1.165) is 17.7 Å². The number of carboxylic acid groups (broad SMARTS) is 1. The van der Waals surface area contributed by atoms with E-state index in [1.807, 2.05) is 0 Å². The van der Waals surface area contributed by atoms with Crippen LogP contribution in [0.4, 0.5) is 0 Å². The molecule has 0 radical (unpaired) electrons. The van der Waals surface area contributed by atoms with Gasteiger partial charge in [0.15, 0.2) is 6.10 Å². The smallest absolute Gasteiger partial charge is 0.337 e. The maximum absolute atomic E-state index is 10.5. The lowest BCUT2D eigenvalue weighted by atomic mass is 10.0. The zero-order valence-corrected chi connectivity index (χ0v) is 7.43. The van der Waals surface area contributed by atoms with Crippen LogP contribution in [0.5, 0.6) is 5.75 Å². The van der Waals surface area contributed by atoms with Gasteiger partial charge in [0.05, 0.1) is 6.61 Å². The van der Waals surface area contributed by atoms with Crippen molar-refractivity contribution in [3.8, 4) is 5.75 Å². The number of ether oxygens (including phenoxy) is 1. The molecule has 1 aromatic carbocycles. The first-order chi connectivity index (χ1) is 6.68. The van der Waals surface area contributed by atoms with Gasteiger partial charge in [-0.25, -0.2) is 4.79 Å². The monoisotopic (exact) mass is 194 g/mol. The van der Waals surface area contributed by atoms with E-state index in [9.17, 15) is 9.90 Å². The summed E-state index contributed by atoms with van der Waals surface area (Å²) in [4.78, 5) is 10.5. The lowest BCUT2D eigenvalue weighted by molar-refractivity contribution is -0.146. The van der Waals surface area contributed by atoms with E-state index in [1.165, 1.54) is 0 Å². The van der Waals surface area contributed by atoms with Crippen molar-refractivity contribution in [1.29, 1.82) is 0 Å². The molecule has 0 fully saturated rings. The van der Waals surface area contributed by atoms with Crippen LogP contribution >= 0.6 is 0 Å². The van der Waals surface area contributed by atoms with Crippen molar-refractivity contribution >= 4 is 5.97 Å². The molecule has 1 aromatic rings. The van der Waals surface area contributed by atoms with Crippen LogP contribution in [0.15, 0.2) is 18.2 Å². The van der Waals surface area contributed by atoms with Gasteiger partial charge in [0.1, 0.15) is 5.75 Å². The summed E-state index contributed by atoms with van der Waals surface area (Å²) in [5, 5.41) is 17.9. The number of carboxylic acids is 1. The highest BCUT2D eigenvalue weighted by molar-refractivity contribution is 5.74. The van der Waals surface area contributed by atoms with Crippen LogP contribution in [0.3, 0.4) is 0 Å². The van der Waals surface area contributed by atoms with Crippen molar-refractivity contribution < 1.29 is 19.7 Å². The van der Waals surface area contributed by atoms with Crippen molar-refractivity contribution in [2.24, 2.45) is 0 Å². The van der Waals surface area contributed by atoms with Gasteiger partial charge in [-0.3, -0.25) is 0 Å². The summed E-state index contributed by atoms with van der Waals surface area (Å²) in [7, 11) is 0. The molecule has 2 rings (SSSR count). The molecule has 2 N–H and O–H groups in total. The van der Waals surface area contributed by atoms with Gasteiger partial charge in [-0.2, -0.15) is 0 Å². The van der Waals surface area contributed by atoms with Crippen LogP contribution in [0, 0.1) is 0 Å². The third-order valence-corrected chi connectivity index (χ3v) is 2.26. The first-order valence-electron chi connectivity index (χ1n) is 4.35. The fraction of sp³-hybridized carbons (Fsp3) is 0.300. The van der Waals surface area contributed by atoms with E-state index in [-0.39, 0.29) is 0 Å². The van der Waals surface area contributed by atoms with Gasteiger partial charge < -0.3 is 14.9 Å². The number of hydrogen-bond donors (Lipinski definition) is 2. The van der Waals surface area contributed by atoms with Crippen LogP contribution in [0.1, 0.15) is 17.2 Å². The molecule has 1 heterocycles.